The van der Waals surface area contributed by atoms with Gasteiger partial charge in [0.2, 0.25) is 0 Å². The molecule has 0 radical (unpaired) electrons. The van der Waals surface area contributed by atoms with E-state index in [-0.39, 0.29) is 34.9 Å². The molecular weight excluding hydrogens is 428 g/mol. The lowest BCUT2D eigenvalue weighted by atomic mass is 10.1. The molecule has 13 heteroatoms. The van der Waals surface area contributed by atoms with Crippen molar-refractivity contribution in [3.05, 3.63) is 47.5 Å². The van der Waals surface area contributed by atoms with Crippen molar-refractivity contribution in [3.63, 3.8) is 0 Å². The summed E-state index contributed by atoms with van der Waals surface area (Å²) in [7, 11) is -4.24. The summed E-state index contributed by atoms with van der Waals surface area (Å²) in [6.45, 7) is -0.0953. The number of aromatic hydroxyl groups is 2. The molecule has 0 aromatic heterocycles. The van der Waals surface area contributed by atoms with Crippen LogP contribution in [0.5, 0.6) is 11.5 Å². The molecule has 0 spiro atoms. The largest absolute Gasteiger partial charge is 0.507 e. The van der Waals surface area contributed by atoms with Crippen molar-refractivity contribution in [1.29, 1.82) is 0 Å². The van der Waals surface area contributed by atoms with Gasteiger partial charge in [0.1, 0.15) is 22.6 Å². The smallest absolute Gasteiger partial charge is 0.397 e. The molecule has 0 saturated carbocycles. The third kappa shape index (κ3) is 8.27. The van der Waals surface area contributed by atoms with Gasteiger partial charge in [0.25, 0.3) is 0 Å². The first-order valence-electron chi connectivity index (χ1n) is 7.60. The van der Waals surface area contributed by atoms with Crippen molar-refractivity contribution in [2.75, 3.05) is 23.8 Å². The Hall–Kier alpha value is -3.00. The van der Waals surface area contributed by atoms with E-state index in [4.69, 9.17) is 16.0 Å². The Balaban J connectivity index is 0.000000447. The lowest BCUT2D eigenvalue weighted by Gasteiger charge is -2.07. The van der Waals surface area contributed by atoms with Crippen LogP contribution in [0.3, 0.4) is 0 Å². The van der Waals surface area contributed by atoms with E-state index in [1.807, 2.05) is 0 Å². The highest BCUT2D eigenvalue weighted by Gasteiger charge is 2.20. The predicted octanol–water partition coefficient (Wildman–Crippen LogP) is 0.995. The van der Waals surface area contributed by atoms with E-state index < -0.39 is 33.8 Å². The van der Waals surface area contributed by atoms with Crippen LogP contribution in [0.4, 0.5) is 11.4 Å². The number of hydrogen-bond donors (Lipinski definition) is 6. The van der Waals surface area contributed by atoms with Crippen LogP contribution in [0.25, 0.3) is 0 Å². The minimum Gasteiger partial charge on any atom is -0.507 e. The Labute approximate surface area is 171 Å². The zero-order valence-corrected chi connectivity index (χ0v) is 16.4. The number of hydrogen-bond acceptors (Lipinski definition) is 11. The molecule has 0 amide bonds. The second-order valence-corrected chi connectivity index (χ2v) is 6.74. The molecule has 158 valence electrons. The standard InChI is InChI=1S/C14H12N2O5.C2H6O4S2/c15-7-1-3-9(11(17)5-7)13(19)21-14(20)10-4-2-8(16)6-12(10)18;3-8(4,5)6-1-2-7/h1-6,17-18H,15-16H2;7H,1-2H2,(H,3,4,5). The van der Waals surface area contributed by atoms with Crippen molar-refractivity contribution in [1.82, 2.24) is 0 Å². The normalized spacial score (nSPS) is 10.6. The van der Waals surface area contributed by atoms with Crippen LogP contribution in [0.2, 0.25) is 0 Å². The maximum Gasteiger partial charge on any atom is 0.397 e. The molecule has 29 heavy (non-hydrogen) atoms. The number of nitrogen functional groups attached to an aromatic ring is 2. The molecule has 2 aromatic rings. The van der Waals surface area contributed by atoms with Gasteiger partial charge in [0.05, 0.1) is 6.61 Å². The molecule has 2 rings (SSSR count). The first-order chi connectivity index (χ1) is 13.4. The van der Waals surface area contributed by atoms with E-state index in [9.17, 15) is 28.2 Å². The van der Waals surface area contributed by atoms with Gasteiger partial charge in [-0.2, -0.15) is 21.0 Å². The summed E-state index contributed by atoms with van der Waals surface area (Å²) in [6, 6.07) is 7.51. The maximum atomic E-state index is 11.8. The van der Waals surface area contributed by atoms with E-state index in [1.54, 1.807) is 0 Å². The van der Waals surface area contributed by atoms with Gasteiger partial charge in [-0.05, 0) is 24.3 Å². The summed E-state index contributed by atoms with van der Waals surface area (Å²) in [4.78, 5) is 23.6. The van der Waals surface area contributed by atoms with E-state index in [1.165, 1.54) is 24.3 Å². The fourth-order valence-corrected chi connectivity index (χ4v) is 2.29. The Morgan fingerprint density at radius 3 is 1.62 bits per heavy atom. The molecule has 2 aromatic carbocycles. The molecule has 0 heterocycles. The minimum atomic E-state index is -4.24. The van der Waals surface area contributed by atoms with Crippen LogP contribution in [-0.4, -0.2) is 47.5 Å². The molecule has 0 aliphatic carbocycles. The van der Waals surface area contributed by atoms with Crippen molar-refractivity contribution in [2.45, 2.75) is 0 Å². The molecule has 0 fully saturated rings. The zero-order valence-electron chi connectivity index (χ0n) is 14.7. The van der Waals surface area contributed by atoms with Crippen molar-refractivity contribution < 1.29 is 41.7 Å². The first kappa shape index (κ1) is 24.0. The van der Waals surface area contributed by atoms with Gasteiger partial charge >= 0.3 is 22.3 Å². The highest BCUT2D eigenvalue weighted by atomic mass is 32.3. The average molecular weight is 446 g/mol. The van der Waals surface area contributed by atoms with Gasteiger partial charge in [-0.15, -0.1) is 0 Å². The number of ether oxygens (including phenoxy) is 1. The molecule has 0 bridgehead atoms. The number of phenolic OH excluding ortho intramolecular Hbond substituents is 2. The molecule has 0 unspecified atom stereocenters. The van der Waals surface area contributed by atoms with Gasteiger partial charge < -0.3 is 26.4 Å². The monoisotopic (exact) mass is 446 g/mol. The number of esters is 2. The topological polar surface area (TPSA) is 199 Å². The molecule has 0 atom stereocenters. The summed E-state index contributed by atoms with van der Waals surface area (Å²) in [5.41, 5.74) is 10.9. The molecular formula is C16H18N2O9S2. The second-order valence-electron chi connectivity index (χ2n) is 5.20. The van der Waals surface area contributed by atoms with E-state index >= 15 is 0 Å². The summed E-state index contributed by atoms with van der Waals surface area (Å²) in [5, 5.41) is 19.2. The summed E-state index contributed by atoms with van der Waals surface area (Å²) in [5.74, 6) is -2.68. The highest BCUT2D eigenvalue weighted by Crippen LogP contribution is 2.24. The molecule has 11 nitrogen and oxygen atoms in total. The van der Waals surface area contributed by atoms with E-state index in [0.717, 1.165) is 12.1 Å². The van der Waals surface area contributed by atoms with Crippen LogP contribution in [-0.2, 0) is 19.3 Å². The predicted molar refractivity (Wildman–Crippen MR) is 106 cm³/mol. The quantitative estimate of drug-likeness (QED) is 0.126. The molecule has 0 aliphatic rings. The van der Waals surface area contributed by atoms with Crippen LogP contribution in [0, 0.1) is 0 Å². The third-order valence-corrected chi connectivity index (χ3v) is 3.64. The minimum absolute atomic E-state index is 0.0953. The molecule has 7 N–H and O–H groups in total. The lowest BCUT2D eigenvalue weighted by molar-refractivity contribution is 0.0394. The molecule has 0 saturated heterocycles. The number of phenols is 2. The van der Waals surface area contributed by atoms with Crippen molar-refractivity contribution in [2.24, 2.45) is 0 Å². The fraction of sp³-hybridized carbons (Fsp3) is 0.125. The van der Waals surface area contributed by atoms with Crippen LogP contribution in [0.15, 0.2) is 36.4 Å². The number of benzene rings is 2. The number of rotatable bonds is 5. The Kier molecular flexibility index (Phi) is 8.72. The Morgan fingerprint density at radius 1 is 0.931 bits per heavy atom. The zero-order chi connectivity index (χ0) is 22.2. The summed E-state index contributed by atoms with van der Waals surface area (Å²) < 4.78 is 35.7. The van der Waals surface area contributed by atoms with Gasteiger partial charge in [0, 0.05) is 29.3 Å². The SMILES string of the molecule is Nc1ccc(C(=O)OC(=O)c2ccc(N)cc2O)c(O)c1.O=S(=O)(O)OCCS. The lowest BCUT2D eigenvalue weighted by Crippen LogP contribution is -2.13. The van der Waals surface area contributed by atoms with Crippen LogP contribution >= 0.6 is 12.6 Å². The van der Waals surface area contributed by atoms with E-state index in [2.05, 4.69) is 21.5 Å². The Bertz CT molecular complexity index is 932. The highest BCUT2D eigenvalue weighted by molar-refractivity contribution is 7.81. The first-order valence-corrected chi connectivity index (χ1v) is 9.60. The van der Waals surface area contributed by atoms with Crippen molar-refractivity contribution >= 4 is 46.3 Å². The number of anilines is 2. The summed E-state index contributed by atoms with van der Waals surface area (Å²) >= 11 is 3.63. The number of thiol groups is 1. The van der Waals surface area contributed by atoms with Gasteiger partial charge in [-0.3, -0.25) is 4.55 Å². The van der Waals surface area contributed by atoms with Gasteiger partial charge in [-0.1, -0.05) is 0 Å². The van der Waals surface area contributed by atoms with Crippen molar-refractivity contribution in [3.8, 4) is 11.5 Å². The van der Waals surface area contributed by atoms with Gasteiger partial charge in [0.15, 0.2) is 0 Å². The Morgan fingerprint density at radius 2 is 1.34 bits per heavy atom. The number of carbonyl (C=O) groups excluding carboxylic acids is 2. The third-order valence-electron chi connectivity index (χ3n) is 2.99. The van der Waals surface area contributed by atoms with Gasteiger partial charge in [-0.25, -0.2) is 13.8 Å². The number of carbonyl (C=O) groups is 2. The molecule has 0 aliphatic heterocycles. The van der Waals surface area contributed by atoms with Crippen LogP contribution < -0.4 is 11.5 Å². The van der Waals surface area contributed by atoms with E-state index in [0.29, 0.717) is 0 Å². The number of nitrogens with two attached hydrogens (primary N) is 2. The second kappa shape index (κ2) is 10.5. The maximum absolute atomic E-state index is 11.8. The fourth-order valence-electron chi connectivity index (χ4n) is 1.78. The average Bonchev–Trinajstić information content (AvgIpc) is 2.59. The van der Waals surface area contributed by atoms with Crippen LogP contribution in [0.1, 0.15) is 20.7 Å². The summed E-state index contributed by atoms with van der Waals surface area (Å²) in [6.07, 6.45) is 0.